The van der Waals surface area contributed by atoms with E-state index in [-0.39, 0.29) is 43.8 Å². The molecule has 1 aliphatic carbocycles. The van der Waals surface area contributed by atoms with Crippen LogP contribution in [0, 0.1) is 5.82 Å². The van der Waals surface area contributed by atoms with Crippen molar-refractivity contribution in [1.82, 2.24) is 10.2 Å². The third-order valence-corrected chi connectivity index (χ3v) is 8.87. The second-order valence-electron chi connectivity index (χ2n) is 9.95. The van der Waals surface area contributed by atoms with Crippen LogP contribution in [0.2, 0.25) is 10.0 Å². The Morgan fingerprint density at radius 1 is 1.05 bits per heavy atom. The number of halogens is 3. The summed E-state index contributed by atoms with van der Waals surface area (Å²) in [7, 11) is -3.66. The molecular formula is C28H36Cl2FN3O4S. The fourth-order valence-electron chi connectivity index (χ4n) is 4.91. The highest BCUT2D eigenvalue weighted by Crippen LogP contribution is 2.25. The van der Waals surface area contributed by atoms with Gasteiger partial charge in [0.05, 0.1) is 22.0 Å². The van der Waals surface area contributed by atoms with Gasteiger partial charge < -0.3 is 10.2 Å². The number of rotatable bonds is 12. The van der Waals surface area contributed by atoms with Crippen molar-refractivity contribution in [3.63, 3.8) is 0 Å². The van der Waals surface area contributed by atoms with Gasteiger partial charge in [0.25, 0.3) is 0 Å². The molecule has 2 aromatic rings. The predicted octanol–water partition coefficient (Wildman–Crippen LogP) is 5.94. The molecule has 11 heteroatoms. The van der Waals surface area contributed by atoms with Gasteiger partial charge in [0.2, 0.25) is 21.8 Å². The SMILES string of the molecule is CC[C@H](C(=O)NC1CCCCC1)N(Cc1ccc(Cl)c(Cl)c1)C(=O)CCCN(c1ccc(F)cc1)S(C)(=O)=O. The number of hydrogen-bond donors (Lipinski definition) is 1. The molecule has 0 radical (unpaired) electrons. The summed E-state index contributed by atoms with van der Waals surface area (Å²) in [4.78, 5) is 28.5. The lowest BCUT2D eigenvalue weighted by Gasteiger charge is -2.33. The molecule has 2 amide bonds. The molecule has 2 aromatic carbocycles. The number of sulfonamides is 1. The Kier molecular flexibility index (Phi) is 11.4. The molecule has 3 rings (SSSR count). The molecular weight excluding hydrogens is 564 g/mol. The molecule has 1 saturated carbocycles. The highest BCUT2D eigenvalue weighted by atomic mass is 35.5. The van der Waals surface area contributed by atoms with Crippen LogP contribution in [0.15, 0.2) is 42.5 Å². The number of amides is 2. The van der Waals surface area contributed by atoms with E-state index in [0.717, 1.165) is 48.2 Å². The molecule has 1 fully saturated rings. The van der Waals surface area contributed by atoms with Crippen LogP contribution in [0.1, 0.15) is 63.9 Å². The van der Waals surface area contributed by atoms with E-state index in [1.54, 1.807) is 23.1 Å². The van der Waals surface area contributed by atoms with Crippen molar-refractivity contribution < 1.29 is 22.4 Å². The number of carbonyl (C=O) groups is 2. The fourth-order valence-corrected chi connectivity index (χ4v) is 6.20. The maximum absolute atomic E-state index is 13.6. The second-order valence-corrected chi connectivity index (χ2v) is 12.7. The predicted molar refractivity (Wildman–Crippen MR) is 154 cm³/mol. The molecule has 0 aromatic heterocycles. The molecule has 1 N–H and O–H groups in total. The minimum Gasteiger partial charge on any atom is -0.352 e. The summed E-state index contributed by atoms with van der Waals surface area (Å²) in [6.07, 6.45) is 6.85. The summed E-state index contributed by atoms with van der Waals surface area (Å²) in [5.74, 6) is -0.946. The number of benzene rings is 2. The van der Waals surface area contributed by atoms with Crippen molar-refractivity contribution in [3.05, 3.63) is 63.9 Å². The molecule has 1 aliphatic rings. The summed E-state index contributed by atoms with van der Waals surface area (Å²) in [6.45, 7) is 2.04. The van der Waals surface area contributed by atoms with E-state index in [1.165, 1.54) is 24.3 Å². The average molecular weight is 601 g/mol. The van der Waals surface area contributed by atoms with E-state index in [9.17, 15) is 22.4 Å². The zero-order valence-electron chi connectivity index (χ0n) is 22.3. The topological polar surface area (TPSA) is 86.8 Å². The van der Waals surface area contributed by atoms with Gasteiger partial charge >= 0.3 is 0 Å². The van der Waals surface area contributed by atoms with Crippen molar-refractivity contribution in [1.29, 1.82) is 0 Å². The van der Waals surface area contributed by atoms with Gasteiger partial charge in [0.15, 0.2) is 0 Å². The summed E-state index contributed by atoms with van der Waals surface area (Å²) in [5, 5.41) is 3.88. The van der Waals surface area contributed by atoms with E-state index in [2.05, 4.69) is 5.32 Å². The molecule has 39 heavy (non-hydrogen) atoms. The number of nitrogens with zero attached hydrogens (tertiary/aromatic N) is 2. The van der Waals surface area contributed by atoms with Crippen LogP contribution in [0.4, 0.5) is 10.1 Å². The molecule has 0 unspecified atom stereocenters. The first-order chi connectivity index (χ1) is 18.5. The Labute approximate surface area is 240 Å². The van der Waals surface area contributed by atoms with E-state index in [4.69, 9.17) is 23.2 Å². The summed E-state index contributed by atoms with van der Waals surface area (Å²) in [5.41, 5.74) is 1.04. The van der Waals surface area contributed by atoms with Crippen LogP contribution < -0.4 is 9.62 Å². The third kappa shape index (κ3) is 9.08. The minimum absolute atomic E-state index is 0.0156. The van der Waals surface area contributed by atoms with Gasteiger partial charge in [0.1, 0.15) is 11.9 Å². The van der Waals surface area contributed by atoms with Crippen molar-refractivity contribution >= 4 is 50.7 Å². The van der Waals surface area contributed by atoms with Crippen molar-refractivity contribution in [2.45, 2.75) is 76.9 Å². The zero-order valence-corrected chi connectivity index (χ0v) is 24.7. The summed E-state index contributed by atoms with van der Waals surface area (Å²) >= 11 is 12.3. The van der Waals surface area contributed by atoms with Crippen molar-refractivity contribution in [2.24, 2.45) is 0 Å². The molecule has 214 valence electrons. The molecule has 7 nitrogen and oxygen atoms in total. The van der Waals surface area contributed by atoms with Gasteiger partial charge in [-0.25, -0.2) is 12.8 Å². The van der Waals surface area contributed by atoms with Crippen LogP contribution in [-0.4, -0.2) is 50.0 Å². The number of anilines is 1. The maximum Gasteiger partial charge on any atom is 0.243 e. The molecule has 1 atom stereocenters. The Bertz CT molecular complexity index is 1240. The minimum atomic E-state index is -3.66. The van der Waals surface area contributed by atoms with E-state index >= 15 is 0 Å². The van der Waals surface area contributed by atoms with Gasteiger partial charge in [-0.2, -0.15) is 0 Å². The normalized spacial score (nSPS) is 15.0. The Balaban J connectivity index is 1.77. The van der Waals surface area contributed by atoms with Crippen LogP contribution in [0.25, 0.3) is 0 Å². The number of hydrogen-bond acceptors (Lipinski definition) is 4. The second kappa shape index (κ2) is 14.3. The molecule has 0 bridgehead atoms. The lowest BCUT2D eigenvalue weighted by Crippen LogP contribution is -2.51. The Morgan fingerprint density at radius 2 is 1.72 bits per heavy atom. The van der Waals surface area contributed by atoms with Gasteiger partial charge in [-0.1, -0.05) is 55.5 Å². The standard InChI is InChI=1S/C28H36Cl2FN3O4S/c1-3-26(28(36)32-22-8-5-4-6-9-22)33(19-20-11-16-24(29)25(30)18-20)27(35)10-7-17-34(39(2,37)38)23-14-12-21(31)13-15-23/h11-16,18,22,26H,3-10,17,19H2,1-2H3,(H,32,36)/t26-/m1/s1. The summed E-state index contributed by atoms with van der Waals surface area (Å²) < 4.78 is 39.4. The highest BCUT2D eigenvalue weighted by molar-refractivity contribution is 7.92. The van der Waals surface area contributed by atoms with Gasteiger partial charge in [-0.3, -0.25) is 13.9 Å². The molecule has 0 saturated heterocycles. The number of carbonyl (C=O) groups excluding carboxylic acids is 2. The van der Waals surface area contributed by atoms with Crippen LogP contribution in [0.3, 0.4) is 0 Å². The summed E-state index contributed by atoms with van der Waals surface area (Å²) in [6, 6.07) is 9.64. The Morgan fingerprint density at radius 3 is 2.31 bits per heavy atom. The molecule has 0 heterocycles. The maximum atomic E-state index is 13.6. The fraction of sp³-hybridized carbons (Fsp3) is 0.500. The third-order valence-electron chi connectivity index (χ3n) is 6.94. The van der Waals surface area contributed by atoms with Crippen molar-refractivity contribution in [3.8, 4) is 0 Å². The first kappa shape index (κ1) is 31.2. The smallest absolute Gasteiger partial charge is 0.243 e. The van der Waals surface area contributed by atoms with Gasteiger partial charge in [0, 0.05) is 25.6 Å². The molecule has 0 spiro atoms. The van der Waals surface area contributed by atoms with Gasteiger partial charge in [-0.05, 0) is 67.6 Å². The van der Waals surface area contributed by atoms with E-state index in [0.29, 0.717) is 22.2 Å². The van der Waals surface area contributed by atoms with E-state index in [1.807, 2.05) is 6.92 Å². The van der Waals surface area contributed by atoms with Crippen LogP contribution >= 0.6 is 23.2 Å². The monoisotopic (exact) mass is 599 g/mol. The average Bonchev–Trinajstić information content (AvgIpc) is 2.89. The zero-order chi connectivity index (χ0) is 28.6. The van der Waals surface area contributed by atoms with Gasteiger partial charge in [-0.15, -0.1) is 0 Å². The lowest BCUT2D eigenvalue weighted by molar-refractivity contribution is -0.141. The largest absolute Gasteiger partial charge is 0.352 e. The Hall–Kier alpha value is -2.36. The number of nitrogens with one attached hydrogen (secondary N) is 1. The first-order valence-corrected chi connectivity index (χ1v) is 15.9. The van der Waals surface area contributed by atoms with Crippen molar-refractivity contribution in [2.75, 3.05) is 17.1 Å². The molecule has 0 aliphatic heterocycles. The van der Waals surface area contributed by atoms with Crippen LogP contribution in [0.5, 0.6) is 0 Å². The van der Waals surface area contributed by atoms with E-state index < -0.39 is 21.9 Å². The first-order valence-electron chi connectivity index (χ1n) is 13.3. The highest BCUT2D eigenvalue weighted by Gasteiger charge is 2.30. The lowest BCUT2D eigenvalue weighted by atomic mass is 9.95. The quantitative estimate of drug-likeness (QED) is 0.327. The van der Waals surface area contributed by atoms with Crippen LogP contribution in [-0.2, 0) is 26.2 Å².